The molecule has 0 aliphatic carbocycles. The van der Waals surface area contributed by atoms with Gasteiger partial charge in [-0.3, -0.25) is 0 Å². The number of methoxy groups -OCH3 is 1. The Hall–Kier alpha value is -2.16. The first-order valence-electron chi connectivity index (χ1n) is 6.10. The summed E-state index contributed by atoms with van der Waals surface area (Å²) in [6, 6.07) is 2.18. The van der Waals surface area contributed by atoms with Crippen LogP contribution in [0, 0.1) is 24.2 Å². The molecule has 1 aromatic rings. The molecule has 0 bridgehead atoms. The van der Waals surface area contributed by atoms with E-state index >= 15 is 0 Å². The monoisotopic (exact) mass is 262 g/mol. The minimum atomic E-state index is -0.474. The minimum absolute atomic E-state index is 0.152. The molecule has 1 unspecified atom stereocenters. The van der Waals surface area contributed by atoms with E-state index in [1.54, 1.807) is 6.92 Å². The van der Waals surface area contributed by atoms with Gasteiger partial charge in [-0.2, -0.15) is 5.26 Å². The Morgan fingerprint density at radius 1 is 1.63 bits per heavy atom. The zero-order valence-electron chi connectivity index (χ0n) is 11.7. The summed E-state index contributed by atoms with van der Waals surface area (Å²) < 4.78 is 4.73. The summed E-state index contributed by atoms with van der Waals surface area (Å²) in [5, 5.41) is 8.90. The molecule has 0 aliphatic heterocycles. The lowest BCUT2D eigenvalue weighted by Gasteiger charge is -2.24. The van der Waals surface area contributed by atoms with E-state index in [2.05, 4.69) is 16.0 Å². The summed E-state index contributed by atoms with van der Waals surface area (Å²) in [6.07, 6.45) is 1.46. The minimum Gasteiger partial charge on any atom is -0.465 e. The van der Waals surface area contributed by atoms with Crippen LogP contribution in [0.3, 0.4) is 0 Å². The molecule has 0 saturated heterocycles. The zero-order chi connectivity index (χ0) is 14.4. The van der Waals surface area contributed by atoms with Gasteiger partial charge in [0.1, 0.15) is 17.2 Å². The third-order valence-electron chi connectivity index (χ3n) is 2.69. The number of anilines is 1. The van der Waals surface area contributed by atoms with Gasteiger partial charge in [0.15, 0.2) is 0 Å². The van der Waals surface area contributed by atoms with E-state index in [1.165, 1.54) is 13.3 Å². The number of carbonyl (C=O) groups is 1. The number of esters is 1. The van der Waals surface area contributed by atoms with Gasteiger partial charge in [0.05, 0.1) is 19.1 Å². The molecular weight excluding hydrogens is 244 g/mol. The fraction of sp³-hybridized carbons (Fsp3) is 0.538. The van der Waals surface area contributed by atoms with Crippen LogP contribution in [0.2, 0.25) is 0 Å². The molecule has 0 amide bonds. The van der Waals surface area contributed by atoms with E-state index in [0.29, 0.717) is 30.3 Å². The van der Waals surface area contributed by atoms with Gasteiger partial charge in [0.25, 0.3) is 0 Å². The van der Waals surface area contributed by atoms with Crippen LogP contribution in [0.1, 0.15) is 30.0 Å². The van der Waals surface area contributed by atoms with Crippen molar-refractivity contribution in [3.63, 3.8) is 0 Å². The normalized spacial score (nSPS) is 11.5. The Morgan fingerprint density at radius 2 is 2.32 bits per heavy atom. The summed E-state index contributed by atoms with van der Waals surface area (Å²) in [4.78, 5) is 21.9. The van der Waals surface area contributed by atoms with Crippen LogP contribution in [0.25, 0.3) is 0 Å². The number of carbonyl (C=O) groups excluding carboxylic acids is 1. The second-order valence-electron chi connectivity index (χ2n) is 4.21. The lowest BCUT2D eigenvalue weighted by molar-refractivity contribution is 0.0600. The van der Waals surface area contributed by atoms with Crippen molar-refractivity contribution in [1.82, 2.24) is 9.97 Å². The number of aromatic nitrogens is 2. The number of hydrogen-bond donors (Lipinski definition) is 0. The van der Waals surface area contributed by atoms with Crippen molar-refractivity contribution in [2.45, 2.75) is 20.8 Å². The molecule has 19 heavy (non-hydrogen) atoms. The summed E-state index contributed by atoms with van der Waals surface area (Å²) in [7, 11) is 1.32. The van der Waals surface area contributed by atoms with Crippen LogP contribution < -0.4 is 4.90 Å². The molecule has 0 saturated carbocycles. The fourth-order valence-corrected chi connectivity index (χ4v) is 1.69. The van der Waals surface area contributed by atoms with Crippen molar-refractivity contribution in [3.05, 3.63) is 17.6 Å². The van der Waals surface area contributed by atoms with Crippen LogP contribution in [-0.2, 0) is 4.74 Å². The van der Waals surface area contributed by atoms with Crippen LogP contribution in [-0.4, -0.2) is 36.1 Å². The molecule has 0 fully saturated rings. The number of nitriles is 1. The fourth-order valence-electron chi connectivity index (χ4n) is 1.69. The van der Waals surface area contributed by atoms with Crippen molar-refractivity contribution in [3.8, 4) is 6.07 Å². The van der Waals surface area contributed by atoms with Gasteiger partial charge >= 0.3 is 5.97 Å². The number of aryl methyl sites for hydroxylation is 1. The maximum absolute atomic E-state index is 11.7. The molecule has 0 N–H and O–H groups in total. The quantitative estimate of drug-likeness (QED) is 0.749. The SMILES string of the molecule is CCN(CC(C)C#N)c1nc(C)ncc1C(=O)OC. The molecule has 1 heterocycles. The predicted molar refractivity (Wildman–Crippen MR) is 70.8 cm³/mol. The molecule has 1 aromatic heterocycles. The summed E-state index contributed by atoms with van der Waals surface area (Å²) in [5.74, 6) is 0.466. The van der Waals surface area contributed by atoms with E-state index < -0.39 is 5.97 Å². The van der Waals surface area contributed by atoms with Crippen LogP contribution in [0.5, 0.6) is 0 Å². The maximum atomic E-state index is 11.7. The highest BCUT2D eigenvalue weighted by Gasteiger charge is 2.20. The average molecular weight is 262 g/mol. The van der Waals surface area contributed by atoms with Crippen molar-refractivity contribution >= 4 is 11.8 Å². The summed E-state index contributed by atoms with van der Waals surface area (Å²) >= 11 is 0. The first-order valence-corrected chi connectivity index (χ1v) is 6.10. The standard InChI is InChI=1S/C13H18N4O2/c1-5-17(8-9(2)6-14)12-11(13(18)19-4)7-15-10(3)16-12/h7,9H,5,8H2,1-4H3. The zero-order valence-corrected chi connectivity index (χ0v) is 11.7. The first-order chi connectivity index (χ1) is 9.03. The lowest BCUT2D eigenvalue weighted by Crippen LogP contribution is -2.30. The number of nitrogens with zero attached hydrogens (tertiary/aromatic N) is 4. The second-order valence-corrected chi connectivity index (χ2v) is 4.21. The molecule has 1 atom stereocenters. The van der Waals surface area contributed by atoms with E-state index in [0.717, 1.165) is 0 Å². The first kappa shape index (κ1) is 14.9. The molecule has 0 radical (unpaired) electrons. The molecule has 0 aliphatic rings. The van der Waals surface area contributed by atoms with Gasteiger partial charge in [-0.05, 0) is 20.8 Å². The van der Waals surface area contributed by atoms with Crippen molar-refractivity contribution in [2.24, 2.45) is 5.92 Å². The van der Waals surface area contributed by atoms with Gasteiger partial charge < -0.3 is 9.64 Å². The van der Waals surface area contributed by atoms with Crippen LogP contribution in [0.15, 0.2) is 6.20 Å². The molecule has 6 heteroatoms. The largest absolute Gasteiger partial charge is 0.465 e. The maximum Gasteiger partial charge on any atom is 0.343 e. The Kier molecular flexibility index (Phi) is 5.24. The third-order valence-corrected chi connectivity index (χ3v) is 2.69. The van der Waals surface area contributed by atoms with Crippen molar-refractivity contribution in [1.29, 1.82) is 5.26 Å². The van der Waals surface area contributed by atoms with Crippen LogP contribution >= 0.6 is 0 Å². The number of rotatable bonds is 5. The van der Waals surface area contributed by atoms with Crippen molar-refractivity contribution in [2.75, 3.05) is 25.1 Å². The van der Waals surface area contributed by atoms with Gasteiger partial charge in [-0.1, -0.05) is 0 Å². The molecule has 0 aromatic carbocycles. The van der Waals surface area contributed by atoms with Crippen molar-refractivity contribution < 1.29 is 9.53 Å². The number of hydrogen-bond acceptors (Lipinski definition) is 6. The highest BCUT2D eigenvalue weighted by molar-refractivity contribution is 5.94. The van der Waals surface area contributed by atoms with Gasteiger partial charge in [0, 0.05) is 19.3 Å². The Balaban J connectivity index is 3.17. The topological polar surface area (TPSA) is 79.1 Å². The molecular formula is C13H18N4O2. The number of ether oxygens (including phenoxy) is 1. The van der Waals surface area contributed by atoms with Crippen LogP contribution in [0.4, 0.5) is 5.82 Å². The Bertz CT molecular complexity index is 496. The van der Waals surface area contributed by atoms with Gasteiger partial charge in [-0.15, -0.1) is 0 Å². The van der Waals surface area contributed by atoms with E-state index in [9.17, 15) is 4.79 Å². The molecule has 0 spiro atoms. The third kappa shape index (κ3) is 3.65. The summed E-state index contributed by atoms with van der Waals surface area (Å²) in [5.41, 5.74) is 0.320. The highest BCUT2D eigenvalue weighted by atomic mass is 16.5. The van der Waals surface area contributed by atoms with E-state index in [4.69, 9.17) is 10.00 Å². The van der Waals surface area contributed by atoms with Gasteiger partial charge in [-0.25, -0.2) is 14.8 Å². The Morgan fingerprint density at radius 3 is 2.84 bits per heavy atom. The highest BCUT2D eigenvalue weighted by Crippen LogP contribution is 2.19. The van der Waals surface area contributed by atoms with E-state index in [1.807, 2.05) is 18.7 Å². The molecule has 6 nitrogen and oxygen atoms in total. The second kappa shape index (κ2) is 6.69. The smallest absolute Gasteiger partial charge is 0.343 e. The molecule has 102 valence electrons. The average Bonchev–Trinajstić information content (AvgIpc) is 2.43. The Labute approximate surface area is 113 Å². The predicted octanol–water partition coefficient (Wildman–Crippen LogP) is 1.56. The van der Waals surface area contributed by atoms with E-state index in [-0.39, 0.29) is 5.92 Å². The summed E-state index contributed by atoms with van der Waals surface area (Å²) in [6.45, 7) is 6.68. The lowest BCUT2D eigenvalue weighted by atomic mass is 10.2. The van der Waals surface area contributed by atoms with Gasteiger partial charge in [0.2, 0.25) is 0 Å². The molecule has 1 rings (SSSR count).